The maximum absolute atomic E-state index is 12.5. The molecule has 0 radical (unpaired) electrons. The second-order valence-corrected chi connectivity index (χ2v) is 7.09. The van der Waals surface area contributed by atoms with E-state index in [1.165, 1.54) is 20.1 Å². The third kappa shape index (κ3) is 9.41. The van der Waals surface area contributed by atoms with Gasteiger partial charge in [-0.2, -0.15) is 0 Å². The average Bonchev–Trinajstić information content (AvgIpc) is 2.64. The van der Waals surface area contributed by atoms with E-state index in [9.17, 15) is 19.2 Å². The number of amides is 3. The van der Waals surface area contributed by atoms with Crippen LogP contribution in [0.5, 0.6) is 0 Å². The van der Waals surface area contributed by atoms with Gasteiger partial charge in [-0.1, -0.05) is 30.3 Å². The number of hydrogen-bond donors (Lipinski definition) is 3. The van der Waals surface area contributed by atoms with Gasteiger partial charge in [0.2, 0.25) is 5.91 Å². The minimum Gasteiger partial charge on any atom is -0.467 e. The second kappa shape index (κ2) is 10.8. The van der Waals surface area contributed by atoms with E-state index in [4.69, 9.17) is 4.74 Å². The van der Waals surface area contributed by atoms with Crippen molar-refractivity contribution < 1.29 is 28.7 Å². The van der Waals surface area contributed by atoms with Gasteiger partial charge in [-0.15, -0.1) is 0 Å². The van der Waals surface area contributed by atoms with Crippen LogP contribution >= 0.6 is 0 Å². The van der Waals surface area contributed by atoms with Gasteiger partial charge in [-0.25, -0.2) is 9.59 Å². The van der Waals surface area contributed by atoms with Crippen LogP contribution in [-0.4, -0.2) is 49.2 Å². The normalized spacial score (nSPS) is 12.4. The summed E-state index contributed by atoms with van der Waals surface area (Å²) in [5.41, 5.74) is -0.144. The molecule has 0 aliphatic rings. The van der Waals surface area contributed by atoms with Crippen molar-refractivity contribution in [2.24, 2.45) is 0 Å². The summed E-state index contributed by atoms with van der Waals surface area (Å²) in [7, 11) is 1.20. The average molecular weight is 405 g/mol. The van der Waals surface area contributed by atoms with Gasteiger partial charge in [0.15, 0.2) is 0 Å². The van der Waals surface area contributed by atoms with Crippen LogP contribution in [0.25, 0.3) is 6.08 Å². The predicted octanol–water partition coefficient (Wildman–Crippen LogP) is 1.35. The first kappa shape index (κ1) is 23.7. The zero-order valence-corrected chi connectivity index (χ0v) is 17.2. The highest BCUT2D eigenvalue weighted by Gasteiger charge is 2.21. The summed E-state index contributed by atoms with van der Waals surface area (Å²) >= 11 is 0. The molecule has 0 saturated heterocycles. The highest BCUT2D eigenvalue weighted by atomic mass is 16.6. The van der Waals surface area contributed by atoms with E-state index in [0.717, 1.165) is 0 Å². The van der Waals surface area contributed by atoms with Crippen LogP contribution in [0.4, 0.5) is 4.79 Å². The van der Waals surface area contributed by atoms with Crippen molar-refractivity contribution in [3.63, 3.8) is 0 Å². The number of carbonyl (C=O) groups excluding carboxylic acids is 4. The van der Waals surface area contributed by atoms with Gasteiger partial charge in [0.05, 0.1) is 7.11 Å². The summed E-state index contributed by atoms with van der Waals surface area (Å²) in [5.74, 6) is -1.95. The smallest absolute Gasteiger partial charge is 0.408 e. The van der Waals surface area contributed by atoms with Crippen molar-refractivity contribution in [1.82, 2.24) is 16.0 Å². The first-order valence-electron chi connectivity index (χ1n) is 8.94. The molecule has 9 heteroatoms. The maximum Gasteiger partial charge on any atom is 0.408 e. The van der Waals surface area contributed by atoms with Crippen molar-refractivity contribution in [3.05, 3.63) is 41.6 Å². The van der Waals surface area contributed by atoms with E-state index in [-0.39, 0.29) is 5.70 Å². The molecule has 0 aromatic heterocycles. The van der Waals surface area contributed by atoms with Crippen LogP contribution in [-0.2, 0) is 23.9 Å². The summed E-state index contributed by atoms with van der Waals surface area (Å²) in [4.78, 5) is 47.9. The summed E-state index contributed by atoms with van der Waals surface area (Å²) < 4.78 is 9.63. The lowest BCUT2D eigenvalue weighted by molar-refractivity contribution is -0.144. The highest BCUT2D eigenvalue weighted by molar-refractivity contribution is 6.03. The van der Waals surface area contributed by atoms with Crippen LogP contribution < -0.4 is 16.0 Å². The molecule has 9 nitrogen and oxygen atoms in total. The summed E-state index contributed by atoms with van der Waals surface area (Å²) in [6.45, 7) is 6.14. The largest absolute Gasteiger partial charge is 0.467 e. The molecule has 3 N–H and O–H groups in total. The Morgan fingerprint density at radius 1 is 1.10 bits per heavy atom. The van der Waals surface area contributed by atoms with Crippen LogP contribution in [0.15, 0.2) is 36.0 Å². The minimum absolute atomic E-state index is 0.0945. The lowest BCUT2D eigenvalue weighted by Crippen LogP contribution is -2.45. The third-order valence-electron chi connectivity index (χ3n) is 3.32. The third-order valence-corrected chi connectivity index (χ3v) is 3.32. The fourth-order valence-electron chi connectivity index (χ4n) is 2.05. The Hall–Kier alpha value is -3.36. The molecule has 0 heterocycles. The molecule has 0 aliphatic heterocycles. The topological polar surface area (TPSA) is 123 Å². The first-order valence-corrected chi connectivity index (χ1v) is 8.94. The second-order valence-electron chi connectivity index (χ2n) is 7.09. The van der Waals surface area contributed by atoms with Crippen LogP contribution in [0.3, 0.4) is 0 Å². The molecule has 0 fully saturated rings. The van der Waals surface area contributed by atoms with Crippen LogP contribution in [0.1, 0.15) is 33.3 Å². The van der Waals surface area contributed by atoms with Crippen molar-refractivity contribution in [2.75, 3.05) is 13.7 Å². The zero-order chi connectivity index (χ0) is 22.0. The first-order chi connectivity index (χ1) is 13.5. The van der Waals surface area contributed by atoms with Crippen molar-refractivity contribution in [3.8, 4) is 0 Å². The van der Waals surface area contributed by atoms with Gasteiger partial charge < -0.3 is 25.4 Å². The molecule has 1 atom stereocenters. The Labute approximate surface area is 169 Å². The SMILES string of the molecule is COC(=O)[C@H](C)NC(=O)/C(=C/c1ccccc1)NC(=O)CNC(=O)OC(C)(C)C. The Morgan fingerprint density at radius 3 is 2.28 bits per heavy atom. The number of alkyl carbamates (subject to hydrolysis) is 1. The number of rotatable bonds is 7. The molecule has 0 aliphatic carbocycles. The molecular weight excluding hydrogens is 378 g/mol. The van der Waals surface area contributed by atoms with E-state index >= 15 is 0 Å². The fourth-order valence-corrected chi connectivity index (χ4v) is 2.05. The number of benzene rings is 1. The van der Waals surface area contributed by atoms with Crippen molar-refractivity contribution >= 4 is 30.0 Å². The Bertz CT molecular complexity index is 768. The number of methoxy groups -OCH3 is 1. The molecule has 0 bridgehead atoms. The van der Waals surface area contributed by atoms with Crippen LogP contribution in [0, 0.1) is 0 Å². The number of hydrogen-bond acceptors (Lipinski definition) is 6. The van der Waals surface area contributed by atoms with E-state index in [0.29, 0.717) is 5.56 Å². The van der Waals surface area contributed by atoms with Gasteiger partial charge in [0, 0.05) is 0 Å². The van der Waals surface area contributed by atoms with E-state index in [2.05, 4.69) is 20.7 Å². The highest BCUT2D eigenvalue weighted by Crippen LogP contribution is 2.07. The molecule has 1 aromatic rings. The van der Waals surface area contributed by atoms with Gasteiger partial charge in [0.25, 0.3) is 5.91 Å². The molecule has 0 saturated carbocycles. The molecule has 0 unspecified atom stereocenters. The van der Waals surface area contributed by atoms with Crippen molar-refractivity contribution in [1.29, 1.82) is 0 Å². The molecular formula is C20H27N3O6. The lowest BCUT2D eigenvalue weighted by atomic mass is 10.2. The Morgan fingerprint density at radius 2 is 1.72 bits per heavy atom. The number of carbonyl (C=O) groups is 4. The lowest BCUT2D eigenvalue weighted by Gasteiger charge is -2.19. The fraction of sp³-hybridized carbons (Fsp3) is 0.400. The summed E-state index contributed by atoms with van der Waals surface area (Å²) in [6.07, 6.45) is 0.690. The Kier molecular flexibility index (Phi) is 8.85. The molecule has 3 amide bonds. The monoisotopic (exact) mass is 405 g/mol. The zero-order valence-electron chi connectivity index (χ0n) is 17.2. The number of nitrogens with one attached hydrogen (secondary N) is 3. The number of esters is 1. The summed E-state index contributed by atoms with van der Waals surface area (Å²) in [6, 6.07) is 7.90. The van der Waals surface area contributed by atoms with Gasteiger partial charge in [0.1, 0.15) is 23.9 Å². The Balaban J connectivity index is 2.85. The van der Waals surface area contributed by atoms with E-state index < -0.39 is 42.1 Å². The molecule has 158 valence electrons. The number of ether oxygens (including phenoxy) is 2. The molecule has 0 spiro atoms. The van der Waals surface area contributed by atoms with E-state index in [1.54, 1.807) is 51.1 Å². The maximum atomic E-state index is 12.5. The molecule has 1 aromatic carbocycles. The van der Waals surface area contributed by atoms with Gasteiger partial charge in [-0.3, -0.25) is 9.59 Å². The van der Waals surface area contributed by atoms with Crippen LogP contribution in [0.2, 0.25) is 0 Å². The minimum atomic E-state index is -0.913. The summed E-state index contributed by atoms with van der Waals surface area (Å²) in [5, 5.41) is 7.19. The quantitative estimate of drug-likeness (QED) is 0.465. The van der Waals surface area contributed by atoms with Gasteiger partial charge >= 0.3 is 12.1 Å². The van der Waals surface area contributed by atoms with Crippen molar-refractivity contribution in [2.45, 2.75) is 39.3 Å². The predicted molar refractivity (Wildman–Crippen MR) is 106 cm³/mol. The standard InChI is InChI=1S/C20H27N3O6/c1-13(18(26)28-5)22-17(25)15(11-14-9-7-6-8-10-14)23-16(24)12-21-19(27)29-20(2,3)4/h6-11,13H,12H2,1-5H3,(H,21,27)(H,22,25)(H,23,24)/b15-11-/t13-/m0/s1. The molecule has 29 heavy (non-hydrogen) atoms. The van der Waals surface area contributed by atoms with E-state index in [1.807, 2.05) is 0 Å². The molecule has 1 rings (SSSR count). The van der Waals surface area contributed by atoms with Gasteiger partial charge in [-0.05, 0) is 39.3 Å².